The molecule has 0 aromatic heterocycles. The van der Waals surface area contributed by atoms with Crippen LogP contribution < -0.4 is 0 Å². The lowest BCUT2D eigenvalue weighted by atomic mass is 10.3. The van der Waals surface area contributed by atoms with E-state index < -0.39 is 5.97 Å². The molecule has 0 rings (SSSR count). The average Bonchev–Trinajstić information content (AvgIpc) is 2.14. The Kier molecular flexibility index (Phi) is 8.05. The molecule has 0 heterocycles. The van der Waals surface area contributed by atoms with Gasteiger partial charge in [-0.15, -0.1) is 0 Å². The average molecular weight is 232 g/mol. The van der Waals surface area contributed by atoms with Gasteiger partial charge < -0.3 is 14.2 Å². The maximum absolute atomic E-state index is 10.9. The van der Waals surface area contributed by atoms with E-state index in [4.69, 9.17) is 4.74 Å². The normalized spacial score (nSPS) is 9.62. The summed E-state index contributed by atoms with van der Waals surface area (Å²) < 4.78 is 14.3. The third-order valence-corrected chi connectivity index (χ3v) is 1.42. The van der Waals surface area contributed by atoms with E-state index in [-0.39, 0.29) is 44.6 Å². The maximum atomic E-state index is 10.9. The molecule has 0 fully saturated rings. The van der Waals surface area contributed by atoms with Crippen molar-refractivity contribution < 1.29 is 28.6 Å². The van der Waals surface area contributed by atoms with Crippen LogP contribution in [0.25, 0.3) is 0 Å². The van der Waals surface area contributed by atoms with Crippen molar-refractivity contribution in [3.8, 4) is 0 Å². The molecule has 0 bridgehead atoms. The SMILES string of the molecule is CC(=O)CC(=O)OCCOCCOC(C)=O. The quantitative estimate of drug-likeness (QED) is 0.335. The molecule has 0 aromatic carbocycles. The fourth-order valence-electron chi connectivity index (χ4n) is 0.815. The van der Waals surface area contributed by atoms with Gasteiger partial charge in [-0.1, -0.05) is 0 Å². The minimum atomic E-state index is -0.559. The Balaban J connectivity index is 3.24. The Morgan fingerprint density at radius 3 is 1.94 bits per heavy atom. The van der Waals surface area contributed by atoms with E-state index in [1.165, 1.54) is 13.8 Å². The lowest BCUT2D eigenvalue weighted by Crippen LogP contribution is -2.15. The first-order chi connectivity index (χ1) is 7.52. The third-order valence-electron chi connectivity index (χ3n) is 1.42. The van der Waals surface area contributed by atoms with Crippen LogP contribution in [0.5, 0.6) is 0 Å². The predicted octanol–water partition coefficient (Wildman–Crippen LogP) is 0.0884. The number of esters is 2. The number of carbonyl (C=O) groups is 3. The summed E-state index contributed by atoms with van der Waals surface area (Å²) >= 11 is 0. The van der Waals surface area contributed by atoms with E-state index in [9.17, 15) is 14.4 Å². The van der Waals surface area contributed by atoms with Gasteiger partial charge in [0.05, 0.1) is 13.2 Å². The minimum absolute atomic E-state index is 0.0895. The van der Waals surface area contributed by atoms with Gasteiger partial charge in [0.1, 0.15) is 25.4 Å². The van der Waals surface area contributed by atoms with E-state index in [0.717, 1.165) is 0 Å². The van der Waals surface area contributed by atoms with Crippen molar-refractivity contribution in [2.75, 3.05) is 26.4 Å². The lowest BCUT2D eigenvalue weighted by molar-refractivity contribution is -0.147. The van der Waals surface area contributed by atoms with Gasteiger partial charge >= 0.3 is 11.9 Å². The molecule has 6 heteroatoms. The summed E-state index contributed by atoms with van der Waals surface area (Å²) in [4.78, 5) is 31.7. The summed E-state index contributed by atoms with van der Waals surface area (Å²) in [5.74, 6) is -1.16. The molecule has 0 amide bonds. The van der Waals surface area contributed by atoms with E-state index in [1.54, 1.807) is 0 Å². The molecule has 92 valence electrons. The summed E-state index contributed by atoms with van der Waals surface area (Å²) in [5, 5.41) is 0. The molecule has 0 aliphatic heterocycles. The lowest BCUT2D eigenvalue weighted by Gasteiger charge is -2.05. The van der Waals surface area contributed by atoms with Gasteiger partial charge in [0.2, 0.25) is 0 Å². The first-order valence-corrected chi connectivity index (χ1v) is 4.88. The number of hydrogen-bond acceptors (Lipinski definition) is 6. The van der Waals surface area contributed by atoms with Crippen LogP contribution in [0.3, 0.4) is 0 Å². The molecule has 0 spiro atoms. The molecule has 0 saturated heterocycles. The zero-order valence-electron chi connectivity index (χ0n) is 9.49. The summed E-state index contributed by atoms with van der Waals surface area (Å²) in [6, 6.07) is 0. The summed E-state index contributed by atoms with van der Waals surface area (Å²) in [7, 11) is 0. The van der Waals surface area contributed by atoms with E-state index in [2.05, 4.69) is 9.47 Å². The Bertz CT molecular complexity index is 248. The zero-order valence-corrected chi connectivity index (χ0v) is 9.49. The molecule has 6 nitrogen and oxygen atoms in total. The van der Waals surface area contributed by atoms with Crippen molar-refractivity contribution in [2.24, 2.45) is 0 Å². The summed E-state index contributed by atoms with van der Waals surface area (Å²) in [5.41, 5.74) is 0. The highest BCUT2D eigenvalue weighted by molar-refractivity contribution is 5.94. The van der Waals surface area contributed by atoms with Gasteiger partial charge in [-0.05, 0) is 6.92 Å². The van der Waals surface area contributed by atoms with E-state index >= 15 is 0 Å². The highest BCUT2D eigenvalue weighted by Crippen LogP contribution is 1.88. The first-order valence-electron chi connectivity index (χ1n) is 4.88. The van der Waals surface area contributed by atoms with Gasteiger partial charge in [-0.2, -0.15) is 0 Å². The molecule has 0 aliphatic rings. The molecule has 0 unspecified atom stereocenters. The molecular formula is C10H16O6. The second kappa shape index (κ2) is 8.84. The smallest absolute Gasteiger partial charge is 0.313 e. The van der Waals surface area contributed by atoms with Crippen LogP contribution in [-0.2, 0) is 28.6 Å². The van der Waals surface area contributed by atoms with Crippen molar-refractivity contribution in [1.29, 1.82) is 0 Å². The van der Waals surface area contributed by atoms with Crippen LogP contribution >= 0.6 is 0 Å². The molecule has 0 saturated carbocycles. The predicted molar refractivity (Wildman–Crippen MR) is 53.7 cm³/mol. The van der Waals surface area contributed by atoms with Gasteiger partial charge in [0.15, 0.2) is 0 Å². The van der Waals surface area contributed by atoms with Crippen LogP contribution in [0.1, 0.15) is 20.3 Å². The van der Waals surface area contributed by atoms with E-state index in [1.807, 2.05) is 0 Å². The molecular weight excluding hydrogens is 216 g/mol. The molecule has 16 heavy (non-hydrogen) atoms. The van der Waals surface area contributed by atoms with Crippen molar-refractivity contribution in [3.63, 3.8) is 0 Å². The summed E-state index contributed by atoms with van der Waals surface area (Å²) in [6.07, 6.45) is -0.215. The van der Waals surface area contributed by atoms with E-state index in [0.29, 0.717) is 0 Å². The number of rotatable bonds is 8. The monoisotopic (exact) mass is 232 g/mol. The highest BCUT2D eigenvalue weighted by Gasteiger charge is 2.05. The molecule has 0 atom stereocenters. The topological polar surface area (TPSA) is 78.9 Å². The van der Waals surface area contributed by atoms with Crippen LogP contribution in [0.2, 0.25) is 0 Å². The number of carbonyl (C=O) groups excluding carboxylic acids is 3. The molecule has 0 radical (unpaired) electrons. The first kappa shape index (κ1) is 14.6. The minimum Gasteiger partial charge on any atom is -0.463 e. The van der Waals surface area contributed by atoms with Crippen LogP contribution in [0.15, 0.2) is 0 Å². The number of ether oxygens (including phenoxy) is 3. The van der Waals surface area contributed by atoms with Crippen LogP contribution in [0.4, 0.5) is 0 Å². The van der Waals surface area contributed by atoms with Crippen molar-refractivity contribution in [3.05, 3.63) is 0 Å². The molecule has 0 N–H and O–H groups in total. The van der Waals surface area contributed by atoms with Crippen molar-refractivity contribution in [2.45, 2.75) is 20.3 Å². The Morgan fingerprint density at radius 1 is 0.875 bits per heavy atom. The van der Waals surface area contributed by atoms with Gasteiger partial charge in [-0.3, -0.25) is 14.4 Å². The van der Waals surface area contributed by atoms with Crippen molar-refractivity contribution >= 4 is 17.7 Å². The fraction of sp³-hybridized carbons (Fsp3) is 0.700. The highest BCUT2D eigenvalue weighted by atomic mass is 16.6. The fourth-order valence-corrected chi connectivity index (χ4v) is 0.815. The largest absolute Gasteiger partial charge is 0.463 e. The van der Waals surface area contributed by atoms with Gasteiger partial charge in [0, 0.05) is 6.92 Å². The Morgan fingerprint density at radius 2 is 1.44 bits per heavy atom. The van der Waals surface area contributed by atoms with Gasteiger partial charge in [0.25, 0.3) is 0 Å². The number of hydrogen-bond donors (Lipinski definition) is 0. The second-order valence-corrected chi connectivity index (χ2v) is 3.05. The number of Topliss-reactive ketones (excluding diaryl/α,β-unsaturated/α-hetero) is 1. The Labute approximate surface area is 93.8 Å². The number of ketones is 1. The Hall–Kier alpha value is -1.43. The molecule has 0 aliphatic carbocycles. The van der Waals surface area contributed by atoms with Crippen LogP contribution in [-0.4, -0.2) is 44.1 Å². The van der Waals surface area contributed by atoms with Crippen LogP contribution in [0, 0.1) is 0 Å². The second-order valence-electron chi connectivity index (χ2n) is 3.05. The van der Waals surface area contributed by atoms with Gasteiger partial charge in [-0.25, -0.2) is 0 Å². The standard InChI is InChI=1S/C10H16O6/c1-8(11)7-10(13)16-6-4-14-3-5-15-9(2)12/h3-7H2,1-2H3. The van der Waals surface area contributed by atoms with Crippen molar-refractivity contribution in [1.82, 2.24) is 0 Å². The maximum Gasteiger partial charge on any atom is 0.313 e. The third kappa shape index (κ3) is 10.6. The zero-order chi connectivity index (χ0) is 12.4. The molecule has 0 aromatic rings. The summed E-state index contributed by atoms with van der Waals surface area (Å²) in [6.45, 7) is 3.36.